The monoisotopic (exact) mass is 299 g/mol. The highest BCUT2D eigenvalue weighted by atomic mass is 28.3. The number of H-pyrrole nitrogens is 1. The topological polar surface area (TPSA) is 15.8 Å². The summed E-state index contributed by atoms with van der Waals surface area (Å²) in [5, 5.41) is 5.84. The minimum Gasteiger partial charge on any atom is -0.354 e. The predicted octanol–water partition coefficient (Wildman–Crippen LogP) is 4.12. The number of nitrogens with one attached hydrogen (secondary N) is 1. The Balaban J connectivity index is 1.95. The van der Waals surface area contributed by atoms with Crippen LogP contribution in [0.1, 0.15) is 0 Å². The number of hydrogen-bond donors (Lipinski definition) is 1. The molecule has 0 bridgehead atoms. The van der Waals surface area contributed by atoms with Gasteiger partial charge in [-0.15, -0.1) is 0 Å². The fourth-order valence-electron chi connectivity index (χ4n) is 4.05. The van der Waals surface area contributed by atoms with E-state index in [0.29, 0.717) is 0 Å². The molecule has 1 aliphatic heterocycles. The van der Waals surface area contributed by atoms with Gasteiger partial charge in [0.25, 0.3) is 0 Å². The van der Waals surface area contributed by atoms with Crippen LogP contribution in [0.25, 0.3) is 32.9 Å². The van der Waals surface area contributed by atoms with E-state index in [1.807, 2.05) is 0 Å². The summed E-state index contributed by atoms with van der Waals surface area (Å²) in [4.78, 5) is 3.58. The first kappa shape index (κ1) is 12.2. The number of aromatic nitrogens is 1. The van der Waals surface area contributed by atoms with Gasteiger partial charge < -0.3 is 4.98 Å². The molecule has 0 amide bonds. The molecule has 0 atom stereocenters. The van der Waals surface area contributed by atoms with Gasteiger partial charge in [-0.05, 0) is 17.7 Å². The quantitative estimate of drug-likeness (QED) is 0.470. The second-order valence-corrected chi connectivity index (χ2v) is 11.1. The van der Waals surface area contributed by atoms with Crippen molar-refractivity contribution in [1.82, 2.24) is 4.98 Å². The second kappa shape index (κ2) is 3.90. The Morgan fingerprint density at radius 1 is 0.682 bits per heavy atom. The van der Waals surface area contributed by atoms with E-state index in [1.54, 1.807) is 10.4 Å². The van der Waals surface area contributed by atoms with Gasteiger partial charge in [-0.25, -0.2) is 0 Å². The molecule has 0 spiro atoms. The maximum absolute atomic E-state index is 3.58. The average molecular weight is 299 g/mol. The van der Waals surface area contributed by atoms with Gasteiger partial charge in [-0.2, -0.15) is 23.5 Å². The van der Waals surface area contributed by atoms with Crippen molar-refractivity contribution in [3.8, 4) is 11.1 Å². The molecule has 4 aromatic rings. The van der Waals surface area contributed by atoms with Crippen molar-refractivity contribution in [2.45, 2.75) is 13.1 Å². The lowest BCUT2D eigenvalue weighted by Gasteiger charge is -2.31. The van der Waals surface area contributed by atoms with Gasteiger partial charge in [0, 0.05) is 21.8 Å². The van der Waals surface area contributed by atoms with Crippen LogP contribution >= 0.6 is 0 Å². The lowest BCUT2D eigenvalue weighted by molar-refractivity contribution is 1.55. The van der Waals surface area contributed by atoms with E-state index >= 15 is 0 Å². The molecule has 0 fully saturated rings. The van der Waals surface area contributed by atoms with Gasteiger partial charge in [0.1, 0.15) is 0 Å². The molecule has 3 aromatic carbocycles. The highest BCUT2D eigenvalue weighted by Crippen LogP contribution is 2.33. The van der Waals surface area contributed by atoms with Crippen LogP contribution in [0.2, 0.25) is 13.1 Å². The van der Waals surface area contributed by atoms with Crippen molar-refractivity contribution < 1.29 is 0 Å². The van der Waals surface area contributed by atoms with Crippen LogP contribution in [0.15, 0.2) is 60.7 Å². The highest BCUT2D eigenvalue weighted by Gasteiger charge is 2.27. The lowest BCUT2D eigenvalue weighted by Crippen LogP contribution is -2.49. The first-order valence-corrected chi connectivity index (χ1v) is 10.8. The summed E-state index contributed by atoms with van der Waals surface area (Å²) in [7, 11) is -1.57. The normalized spacial score (nSPS) is 15.2. The van der Waals surface area contributed by atoms with Gasteiger partial charge >= 0.3 is 0 Å². The molecule has 1 N–H and O–H groups in total. The molecule has 1 aromatic heterocycles. The Morgan fingerprint density at radius 2 is 1.45 bits per heavy atom. The van der Waals surface area contributed by atoms with Crippen molar-refractivity contribution in [3.05, 3.63) is 60.7 Å². The summed E-state index contributed by atoms with van der Waals surface area (Å²) in [5.74, 6) is 0. The fraction of sp³-hybridized carbons (Fsp3) is 0.100. The number of fused-ring (bicyclic) bond motifs is 6. The molecule has 1 aliphatic rings. The molecule has 0 unspecified atom stereocenters. The minimum absolute atomic E-state index is 1.23. The summed E-state index contributed by atoms with van der Waals surface area (Å²) in [6, 6.07) is 22.4. The van der Waals surface area contributed by atoms with Crippen LogP contribution < -0.4 is 10.4 Å². The van der Waals surface area contributed by atoms with E-state index < -0.39 is 8.07 Å². The number of rotatable bonds is 0. The zero-order valence-corrected chi connectivity index (χ0v) is 13.8. The SMILES string of the molecule is C[Si-]1(C)c2ccccc2-c2cc3[nH]c4ccccc4c3cc21. The maximum Gasteiger partial charge on any atom is 0.0468 e. The summed E-state index contributed by atoms with van der Waals surface area (Å²) < 4.78 is 0. The van der Waals surface area contributed by atoms with E-state index in [2.05, 4.69) is 78.7 Å². The standard InChI is InChI=1S/C20H17NSi/c1-22(2)19-10-6-4-8-14(19)16-11-18-15(12-20(16)22)13-7-3-5-9-17(13)21-18/h3-12,21H,1-2H3/q-1. The Labute approximate surface area is 130 Å². The highest BCUT2D eigenvalue weighted by molar-refractivity contribution is 7.04. The largest absolute Gasteiger partial charge is 0.354 e. The Hall–Kier alpha value is -2.32. The lowest BCUT2D eigenvalue weighted by atomic mass is 10.0. The maximum atomic E-state index is 3.58. The molecule has 5 rings (SSSR count). The Kier molecular flexibility index (Phi) is 2.17. The van der Waals surface area contributed by atoms with Crippen LogP contribution in [-0.2, 0) is 0 Å². The van der Waals surface area contributed by atoms with Crippen molar-refractivity contribution >= 4 is 40.3 Å². The Bertz CT molecular complexity index is 1060. The van der Waals surface area contributed by atoms with Gasteiger partial charge in [-0.3, -0.25) is 0 Å². The van der Waals surface area contributed by atoms with E-state index in [1.165, 1.54) is 32.9 Å². The third-order valence-corrected chi connectivity index (χ3v) is 8.75. The number of para-hydroxylation sites is 1. The molecule has 22 heavy (non-hydrogen) atoms. The van der Waals surface area contributed by atoms with E-state index in [9.17, 15) is 0 Å². The van der Waals surface area contributed by atoms with Crippen molar-refractivity contribution in [1.29, 1.82) is 0 Å². The molecule has 2 heterocycles. The second-order valence-electron chi connectivity index (χ2n) is 6.78. The molecular weight excluding hydrogens is 282 g/mol. The molecule has 0 saturated heterocycles. The van der Waals surface area contributed by atoms with Gasteiger partial charge in [-0.1, -0.05) is 62.2 Å². The van der Waals surface area contributed by atoms with Crippen molar-refractivity contribution in [2.24, 2.45) is 0 Å². The summed E-state index contributed by atoms with van der Waals surface area (Å²) >= 11 is 0. The smallest absolute Gasteiger partial charge is 0.0468 e. The van der Waals surface area contributed by atoms with Crippen LogP contribution in [0.4, 0.5) is 0 Å². The number of benzene rings is 3. The number of aromatic amines is 1. The van der Waals surface area contributed by atoms with Crippen LogP contribution in [0.3, 0.4) is 0 Å². The number of hydrogen-bond acceptors (Lipinski definition) is 0. The molecule has 1 nitrogen and oxygen atoms in total. The first-order valence-electron chi connectivity index (χ1n) is 7.81. The zero-order valence-electron chi connectivity index (χ0n) is 12.8. The summed E-state index contributed by atoms with van der Waals surface area (Å²) in [6.45, 7) is 4.94. The average Bonchev–Trinajstić information content (AvgIpc) is 3.00. The summed E-state index contributed by atoms with van der Waals surface area (Å²) in [5.41, 5.74) is 5.36. The van der Waals surface area contributed by atoms with Crippen molar-refractivity contribution in [3.63, 3.8) is 0 Å². The van der Waals surface area contributed by atoms with E-state index in [4.69, 9.17) is 0 Å². The fourth-order valence-corrected chi connectivity index (χ4v) is 7.13. The third-order valence-electron chi connectivity index (χ3n) is 5.21. The van der Waals surface area contributed by atoms with Gasteiger partial charge in [0.05, 0.1) is 0 Å². The molecule has 0 radical (unpaired) electrons. The molecule has 107 valence electrons. The molecule has 0 aliphatic carbocycles. The summed E-state index contributed by atoms with van der Waals surface area (Å²) in [6.07, 6.45) is 0. The molecule has 2 heteroatoms. The molecular formula is C20H17NSi-. The first-order chi connectivity index (χ1) is 10.7. The predicted molar refractivity (Wildman–Crippen MR) is 98.0 cm³/mol. The van der Waals surface area contributed by atoms with Crippen LogP contribution in [0.5, 0.6) is 0 Å². The zero-order chi connectivity index (χ0) is 14.9. The Morgan fingerprint density at radius 3 is 2.36 bits per heavy atom. The molecule has 0 saturated carbocycles. The van der Waals surface area contributed by atoms with Crippen LogP contribution in [-0.4, -0.2) is 13.1 Å². The third kappa shape index (κ3) is 1.38. The van der Waals surface area contributed by atoms with Crippen LogP contribution in [0, 0.1) is 0 Å². The van der Waals surface area contributed by atoms with E-state index in [0.717, 1.165) is 0 Å². The van der Waals surface area contributed by atoms with Crippen molar-refractivity contribution in [2.75, 3.05) is 0 Å². The van der Waals surface area contributed by atoms with E-state index in [-0.39, 0.29) is 0 Å². The van der Waals surface area contributed by atoms with Gasteiger partial charge in [0.15, 0.2) is 0 Å². The van der Waals surface area contributed by atoms with Gasteiger partial charge in [0.2, 0.25) is 0 Å². The minimum atomic E-state index is -1.57.